The number of urea groups is 1. The van der Waals surface area contributed by atoms with Crippen molar-refractivity contribution in [3.63, 3.8) is 0 Å². The van der Waals surface area contributed by atoms with Crippen LogP contribution in [-0.2, 0) is 0 Å². The average Bonchev–Trinajstić information content (AvgIpc) is 2.45. The van der Waals surface area contributed by atoms with E-state index < -0.39 is 11.0 Å². The van der Waals surface area contributed by atoms with Crippen LogP contribution in [-0.4, -0.2) is 23.3 Å². The van der Waals surface area contributed by atoms with Gasteiger partial charge in [-0.2, -0.15) is 0 Å². The maximum absolute atomic E-state index is 11.7. The van der Waals surface area contributed by atoms with E-state index in [-0.39, 0.29) is 11.4 Å². The summed E-state index contributed by atoms with van der Waals surface area (Å²) in [6, 6.07) is 4.38. The fourth-order valence-corrected chi connectivity index (χ4v) is 2.43. The molecule has 0 heterocycles. The number of unbranched alkanes of at least 4 members (excludes halogenated alkanes) is 1. The second-order valence-corrected chi connectivity index (χ2v) is 5.69. The Morgan fingerprint density at radius 3 is 2.71 bits per heavy atom. The van der Waals surface area contributed by atoms with E-state index in [0.717, 1.165) is 29.9 Å². The number of hydrogen-bond acceptors (Lipinski definition) is 4. The van der Waals surface area contributed by atoms with Crippen LogP contribution in [0.15, 0.2) is 23.1 Å². The van der Waals surface area contributed by atoms with Crippen LogP contribution in [0.1, 0.15) is 33.1 Å². The Hall–Kier alpha value is -1.76. The van der Waals surface area contributed by atoms with Crippen LogP contribution < -0.4 is 10.6 Å². The van der Waals surface area contributed by atoms with Crippen LogP contribution in [0.4, 0.5) is 16.2 Å². The zero-order chi connectivity index (χ0) is 15.7. The Labute approximate surface area is 128 Å². The number of carbonyl (C=O) groups is 1. The predicted octanol–water partition coefficient (Wildman–Crippen LogP) is 4.02. The molecular weight excluding hydrogens is 290 g/mol. The van der Waals surface area contributed by atoms with Crippen LogP contribution in [0.5, 0.6) is 0 Å². The molecule has 2 amide bonds. The Morgan fingerprint density at radius 1 is 1.33 bits per heavy atom. The van der Waals surface area contributed by atoms with E-state index in [4.69, 9.17) is 0 Å². The minimum atomic E-state index is -0.490. The van der Waals surface area contributed by atoms with Gasteiger partial charge in [-0.1, -0.05) is 20.3 Å². The summed E-state index contributed by atoms with van der Waals surface area (Å²) in [5.41, 5.74) is 0.136. The molecular formula is C14H21N3O3S. The van der Waals surface area contributed by atoms with Gasteiger partial charge in [-0.05, 0) is 30.7 Å². The molecule has 0 spiro atoms. The first-order valence-electron chi connectivity index (χ1n) is 7.04. The summed E-state index contributed by atoms with van der Waals surface area (Å²) in [7, 11) is 0. The minimum Gasteiger partial charge on any atom is -0.338 e. The number of nitro benzene ring substituents is 1. The Balaban J connectivity index is 2.80. The fraction of sp³-hybridized carbons (Fsp3) is 0.500. The molecule has 1 rings (SSSR count). The number of hydrogen-bond donors (Lipinski definition) is 2. The first-order valence-corrected chi connectivity index (χ1v) is 8.03. The monoisotopic (exact) mass is 311 g/mol. The third-order valence-corrected chi connectivity index (χ3v) is 3.90. The maximum Gasteiger partial charge on any atom is 0.319 e. The number of thioether (sulfide) groups is 1. The number of carbonyl (C=O) groups excluding carboxylic acids is 1. The minimum absolute atomic E-state index is 0.0958. The summed E-state index contributed by atoms with van der Waals surface area (Å²) in [4.78, 5) is 23.2. The first kappa shape index (κ1) is 17.3. The van der Waals surface area contributed by atoms with E-state index in [0.29, 0.717) is 6.54 Å². The Bertz CT molecular complexity index is 494. The first-order chi connectivity index (χ1) is 10.1. The number of rotatable bonds is 8. The Morgan fingerprint density at radius 2 is 2.10 bits per heavy atom. The van der Waals surface area contributed by atoms with Gasteiger partial charge in [0.25, 0.3) is 5.69 Å². The molecule has 0 unspecified atom stereocenters. The molecule has 116 valence electrons. The van der Waals surface area contributed by atoms with Crippen LogP contribution >= 0.6 is 11.8 Å². The number of anilines is 1. The van der Waals surface area contributed by atoms with E-state index in [1.54, 1.807) is 23.9 Å². The molecule has 21 heavy (non-hydrogen) atoms. The standard InChI is InChI=1S/C14H21N3O3S/c1-3-5-8-15-14(18)16-12-10-11(21-9-4-2)6-7-13(12)17(19)20/h6-7,10H,3-5,8-9H2,1-2H3,(H2,15,16,18). The molecule has 1 aromatic rings. The van der Waals surface area contributed by atoms with Crippen molar-refractivity contribution in [1.29, 1.82) is 0 Å². The lowest BCUT2D eigenvalue weighted by Crippen LogP contribution is -2.29. The molecule has 0 atom stereocenters. The van der Waals surface area contributed by atoms with Crippen molar-refractivity contribution < 1.29 is 9.72 Å². The van der Waals surface area contributed by atoms with Crippen LogP contribution in [0.25, 0.3) is 0 Å². The summed E-state index contributed by atoms with van der Waals surface area (Å²) in [5.74, 6) is 0.931. The number of nitro groups is 1. The van der Waals surface area contributed by atoms with Crippen molar-refractivity contribution in [2.45, 2.75) is 38.0 Å². The SMILES string of the molecule is CCCCNC(=O)Nc1cc(SCCC)ccc1[N+](=O)[O-]. The van der Waals surface area contributed by atoms with Gasteiger partial charge in [0.2, 0.25) is 0 Å². The van der Waals surface area contributed by atoms with Crippen LogP contribution in [0.3, 0.4) is 0 Å². The molecule has 0 aliphatic heterocycles. The number of benzene rings is 1. The highest BCUT2D eigenvalue weighted by atomic mass is 32.2. The smallest absolute Gasteiger partial charge is 0.319 e. The quantitative estimate of drug-likeness (QED) is 0.329. The zero-order valence-corrected chi connectivity index (χ0v) is 13.2. The van der Waals surface area contributed by atoms with Gasteiger partial charge in [0, 0.05) is 17.5 Å². The summed E-state index contributed by atoms with van der Waals surface area (Å²) in [5, 5.41) is 16.3. The van der Waals surface area contributed by atoms with Crippen molar-refractivity contribution >= 4 is 29.2 Å². The second-order valence-electron chi connectivity index (χ2n) is 4.52. The normalized spacial score (nSPS) is 10.2. The van der Waals surface area contributed by atoms with Gasteiger partial charge >= 0.3 is 6.03 Å². The second kappa shape index (κ2) is 9.23. The highest BCUT2D eigenvalue weighted by Crippen LogP contribution is 2.30. The molecule has 6 nitrogen and oxygen atoms in total. The summed E-state index contributed by atoms with van der Waals surface area (Å²) < 4.78 is 0. The van der Waals surface area contributed by atoms with Gasteiger partial charge in [-0.15, -0.1) is 11.8 Å². The highest BCUT2D eigenvalue weighted by Gasteiger charge is 2.16. The van der Waals surface area contributed by atoms with Gasteiger partial charge in [-0.25, -0.2) is 4.79 Å². The molecule has 0 saturated carbocycles. The van der Waals surface area contributed by atoms with E-state index in [1.165, 1.54) is 6.07 Å². The van der Waals surface area contributed by atoms with Crippen molar-refractivity contribution in [3.8, 4) is 0 Å². The van der Waals surface area contributed by atoms with Crippen molar-refractivity contribution in [2.24, 2.45) is 0 Å². The van der Waals surface area contributed by atoms with Crippen molar-refractivity contribution in [3.05, 3.63) is 28.3 Å². The summed E-state index contributed by atoms with van der Waals surface area (Å²) >= 11 is 1.61. The van der Waals surface area contributed by atoms with Crippen molar-refractivity contribution in [2.75, 3.05) is 17.6 Å². The predicted molar refractivity (Wildman–Crippen MR) is 86.0 cm³/mol. The molecule has 0 radical (unpaired) electrons. The number of nitrogens with zero attached hydrogens (tertiary/aromatic N) is 1. The lowest BCUT2D eigenvalue weighted by Gasteiger charge is -2.09. The van der Waals surface area contributed by atoms with E-state index >= 15 is 0 Å². The van der Waals surface area contributed by atoms with Crippen molar-refractivity contribution in [1.82, 2.24) is 5.32 Å². The molecule has 0 saturated heterocycles. The van der Waals surface area contributed by atoms with Gasteiger partial charge in [-0.3, -0.25) is 10.1 Å². The molecule has 2 N–H and O–H groups in total. The maximum atomic E-state index is 11.7. The van der Waals surface area contributed by atoms with Crippen LogP contribution in [0.2, 0.25) is 0 Å². The molecule has 0 bridgehead atoms. The molecule has 0 aromatic heterocycles. The molecule has 7 heteroatoms. The topological polar surface area (TPSA) is 84.3 Å². The average molecular weight is 311 g/mol. The van der Waals surface area contributed by atoms with E-state index in [2.05, 4.69) is 17.6 Å². The molecule has 1 aromatic carbocycles. The lowest BCUT2D eigenvalue weighted by atomic mass is 10.2. The van der Waals surface area contributed by atoms with Gasteiger partial charge < -0.3 is 10.6 Å². The van der Waals surface area contributed by atoms with Crippen LogP contribution in [0, 0.1) is 10.1 Å². The number of amides is 2. The van der Waals surface area contributed by atoms with Gasteiger partial charge in [0.05, 0.1) is 4.92 Å². The largest absolute Gasteiger partial charge is 0.338 e. The van der Waals surface area contributed by atoms with E-state index in [9.17, 15) is 14.9 Å². The Kier molecular flexibility index (Phi) is 7.60. The number of nitrogens with one attached hydrogen (secondary N) is 2. The van der Waals surface area contributed by atoms with E-state index in [1.807, 2.05) is 6.92 Å². The zero-order valence-electron chi connectivity index (χ0n) is 12.3. The lowest BCUT2D eigenvalue weighted by molar-refractivity contribution is -0.384. The third kappa shape index (κ3) is 6.03. The highest BCUT2D eigenvalue weighted by molar-refractivity contribution is 7.99. The fourth-order valence-electron chi connectivity index (χ4n) is 1.63. The molecule has 0 fully saturated rings. The summed E-state index contributed by atoms with van der Waals surface area (Å²) in [6.07, 6.45) is 2.87. The van der Waals surface area contributed by atoms with Gasteiger partial charge in [0.1, 0.15) is 5.69 Å². The molecule has 0 aliphatic rings. The third-order valence-electron chi connectivity index (χ3n) is 2.70. The summed E-state index contributed by atoms with van der Waals surface area (Å²) in [6.45, 7) is 4.65. The molecule has 0 aliphatic carbocycles. The van der Waals surface area contributed by atoms with Gasteiger partial charge in [0.15, 0.2) is 0 Å².